The van der Waals surface area contributed by atoms with Crippen molar-refractivity contribution in [2.24, 2.45) is 29.0 Å². The van der Waals surface area contributed by atoms with E-state index in [-0.39, 0.29) is 52.0 Å². The molecule has 12 rings (SSSR count). The molecule has 2 saturated heterocycles. The van der Waals surface area contributed by atoms with Gasteiger partial charge in [-0.1, -0.05) is 55.2 Å². The zero-order valence-corrected chi connectivity index (χ0v) is 55.3. The number of Topliss-reactive ketones (excluding diaryl/α,β-unsaturated/α-hetero) is 2. The minimum Gasteiger partial charge on any atom is -0.508 e. The van der Waals surface area contributed by atoms with Crippen LogP contribution in [-0.2, 0) is 52.6 Å². The number of phenols is 3. The van der Waals surface area contributed by atoms with Gasteiger partial charge in [0.15, 0.2) is 41.5 Å². The number of aromatic hydroxyl groups is 3. The number of ether oxygens (including phenoxy) is 6. The first-order valence-corrected chi connectivity index (χ1v) is 32.4. The van der Waals surface area contributed by atoms with Gasteiger partial charge in [0.2, 0.25) is 41.6 Å². The zero-order chi connectivity index (χ0) is 72.8. The van der Waals surface area contributed by atoms with E-state index in [1.165, 1.54) is 26.0 Å². The number of primary amides is 1. The van der Waals surface area contributed by atoms with E-state index in [9.17, 15) is 75.0 Å². The normalized spacial score (nSPS) is 29.8. The van der Waals surface area contributed by atoms with Gasteiger partial charge in [0.25, 0.3) is 0 Å². The number of hydrogen-bond donors (Lipinski definition) is 17. The number of rotatable bonds is 12. The number of benzene rings is 5. The molecule has 5 amide bonds. The van der Waals surface area contributed by atoms with E-state index >= 15 is 14.4 Å². The Kier molecular flexibility index (Phi) is 22.0. The molecule has 9 unspecified atom stereocenters. The van der Waals surface area contributed by atoms with Gasteiger partial charge in [0.1, 0.15) is 77.4 Å². The maximum absolute atomic E-state index is 16.1. The molecule has 0 radical (unpaired) electrons. The predicted octanol–water partition coefficient (Wildman–Crippen LogP) is 1.82. The molecule has 5 aromatic carbocycles. The second kappa shape index (κ2) is 29.8. The second-order valence-electron chi connectivity index (χ2n) is 26.1. The number of amides is 5. The number of phenolic OH excluding ortho intramolecular Hbond substituents is 3. The molecule has 31 nitrogen and oxygen atoms in total. The molecule has 2 fully saturated rings. The Hall–Kier alpha value is -8.80. The number of ketones is 2. The Labute approximate surface area is 579 Å². The summed E-state index contributed by atoms with van der Waals surface area (Å²) in [6.45, 7) is 5.59. The van der Waals surface area contributed by atoms with E-state index in [0.29, 0.717) is 0 Å². The van der Waals surface area contributed by atoms with Crippen molar-refractivity contribution in [2.45, 2.75) is 163 Å². The summed E-state index contributed by atoms with van der Waals surface area (Å²) in [6, 6.07) is 4.10. The molecule has 0 spiro atoms. The Bertz CT molecular complexity index is 4050. The minimum absolute atomic E-state index is 0.100. The molecule has 100 heavy (non-hydrogen) atoms. The highest BCUT2D eigenvalue weighted by Gasteiger charge is 2.51. The van der Waals surface area contributed by atoms with Crippen LogP contribution in [0.25, 0.3) is 11.1 Å². The summed E-state index contributed by atoms with van der Waals surface area (Å²) in [5.74, 6) is -18.9. The van der Waals surface area contributed by atoms with Gasteiger partial charge in [-0.15, -0.1) is 0 Å². The van der Waals surface area contributed by atoms with Crippen molar-refractivity contribution in [1.82, 2.24) is 21.3 Å². The van der Waals surface area contributed by atoms with Gasteiger partial charge in [0.05, 0.1) is 46.7 Å². The fourth-order valence-electron chi connectivity index (χ4n) is 12.8. The molecule has 11 bridgehead atoms. The van der Waals surface area contributed by atoms with Crippen molar-refractivity contribution < 1.29 is 118 Å². The third-order valence-electron chi connectivity index (χ3n) is 18.1. The first kappa shape index (κ1) is 73.9. The number of hydrogen-bond acceptors (Lipinski definition) is 25. The number of carboxylic acids is 1. The first-order valence-electron chi connectivity index (χ1n) is 31.6. The summed E-state index contributed by atoms with van der Waals surface area (Å²) < 4.78 is 38.4. The second-order valence-corrected chi connectivity index (χ2v) is 26.9. The maximum Gasteiger partial charge on any atom is 0.330 e. The predicted molar refractivity (Wildman–Crippen MR) is 347 cm³/mol. The SMILES string of the molecule is CC(C)C[C@@H](N)C(=O)N[C@H]1C(=O)C[C@@H](CC(N)=O)C(=O)N[C@H]2C(=O)C[C@H]3C(=O)N[C@H](C(=O)N[C@H](C(=O)O)c4cc(O)cc(O)c4-c4cc3ccc4O)[C@H](O)c3ccc(c(Cl)c3)Oc3cc2cc(c3OC2OC(CO)C(O)C(O)C2OC2CC(C)(N)C(O)C(C)O2)Oc2ccc(cc2Cl)[C@H]1O. The van der Waals surface area contributed by atoms with Gasteiger partial charge in [-0.3, -0.25) is 33.6 Å². The topological polar surface area (TPSA) is 520 Å². The number of aliphatic carboxylic acids is 1. The van der Waals surface area contributed by atoms with Crippen LogP contribution in [0, 0.1) is 11.8 Å². The molecule has 7 aliphatic rings. The molecule has 5 aromatic rings. The third-order valence-corrected chi connectivity index (χ3v) is 18.6. The molecule has 20 N–H and O–H groups in total. The van der Waals surface area contributed by atoms with Gasteiger partial charge < -0.3 is 118 Å². The Morgan fingerprint density at radius 2 is 1.37 bits per heavy atom. The molecular formula is C67H75Cl2N7O24. The molecule has 7 heterocycles. The molecule has 0 aromatic heterocycles. The lowest BCUT2D eigenvalue weighted by Crippen LogP contribution is -2.64. The van der Waals surface area contributed by atoms with Gasteiger partial charge in [-0.2, -0.15) is 0 Å². The van der Waals surface area contributed by atoms with Crippen LogP contribution in [0.5, 0.6) is 46.0 Å². The number of nitrogens with one attached hydrogen (secondary N) is 4. The first-order chi connectivity index (χ1) is 47.1. The molecule has 18 atom stereocenters. The van der Waals surface area contributed by atoms with Crippen molar-refractivity contribution in [2.75, 3.05) is 6.61 Å². The third kappa shape index (κ3) is 15.6. The average molecular weight is 1430 g/mol. The van der Waals surface area contributed by atoms with Gasteiger partial charge in [-0.25, -0.2) is 4.79 Å². The highest BCUT2D eigenvalue weighted by atomic mass is 35.5. The number of carboxylic acid groups (broad SMARTS) is 1. The van der Waals surface area contributed by atoms with Crippen molar-refractivity contribution in [3.05, 3.63) is 117 Å². The standard InChI is InChI=1S/C67H75Cl2N7O24/c1-24(2)11-37(70)63(91)75-52-40(81)15-30(18-47(71)83)61(89)73-50-29-16-44(96-42-9-6-27(54(52)84)13-35(42)68)58(100-66-59(57(87)56(86)46(23-77)98-66)99-48-22-67(4,72)60(88)25(3)95-48)45(17-29)97-43-10-7-28(14-36(43)69)55(85)53-64(92)74-51(65(93)94)34-19-31(78)20-39(80)49(34)33-12-26(5-8-38(33)79)32(21-41(50)82)62(90)76-53/h5-10,12-14,16-17,19-20,24-25,30,32,37,46,48,50-57,59-60,66,77-80,84-88H,11,15,18,21-23,70,72H2,1-4H3,(H2,71,83)(H,73,89)(H,74,92)(H,75,91)(H,76,90)(H,93,94)/t25?,30-,32+,37+,46?,48?,50+,51-,52-,53-,54+,55+,56?,57?,59?,60?,66?,67?/m0/s1. The van der Waals surface area contributed by atoms with Crippen LogP contribution in [0.3, 0.4) is 0 Å². The molecule has 7 aliphatic heterocycles. The monoisotopic (exact) mass is 1430 g/mol. The summed E-state index contributed by atoms with van der Waals surface area (Å²) in [7, 11) is 0. The summed E-state index contributed by atoms with van der Waals surface area (Å²) in [5, 5.41) is 123. The number of aliphatic hydroxyl groups excluding tert-OH is 6. The van der Waals surface area contributed by atoms with Gasteiger partial charge in [-0.05, 0) is 103 Å². The van der Waals surface area contributed by atoms with Crippen molar-refractivity contribution >= 4 is 70.3 Å². The summed E-state index contributed by atoms with van der Waals surface area (Å²) in [6.07, 6.45) is -20.5. The quantitative estimate of drug-likeness (QED) is 0.0847. The molecule has 0 saturated carbocycles. The van der Waals surface area contributed by atoms with Crippen LogP contribution in [0.2, 0.25) is 10.0 Å². The van der Waals surface area contributed by atoms with Crippen LogP contribution in [0.4, 0.5) is 0 Å². The fraction of sp³-hybridized carbons (Fsp3) is 0.433. The smallest absolute Gasteiger partial charge is 0.330 e. The number of nitrogens with two attached hydrogens (primary N) is 3. The number of aliphatic hydroxyl groups is 6. The van der Waals surface area contributed by atoms with Gasteiger partial charge in [0, 0.05) is 54.0 Å². The van der Waals surface area contributed by atoms with Crippen LogP contribution in [0.1, 0.15) is 118 Å². The lowest BCUT2D eigenvalue weighted by molar-refractivity contribution is -0.333. The van der Waals surface area contributed by atoms with Crippen LogP contribution < -0.4 is 52.7 Å². The molecule has 33 heteroatoms. The maximum atomic E-state index is 16.1. The van der Waals surface area contributed by atoms with E-state index < -0.39 is 244 Å². The number of carbonyl (C=O) groups is 8. The van der Waals surface area contributed by atoms with Crippen molar-refractivity contribution in [1.29, 1.82) is 0 Å². The highest BCUT2D eigenvalue weighted by Crippen LogP contribution is 2.50. The zero-order valence-electron chi connectivity index (χ0n) is 53.8. The Morgan fingerprint density at radius 1 is 0.740 bits per heavy atom. The van der Waals surface area contributed by atoms with E-state index in [0.717, 1.165) is 66.7 Å². The summed E-state index contributed by atoms with van der Waals surface area (Å²) >= 11 is 14.1. The van der Waals surface area contributed by atoms with Crippen molar-refractivity contribution in [3.63, 3.8) is 0 Å². The highest BCUT2D eigenvalue weighted by molar-refractivity contribution is 6.32. The van der Waals surface area contributed by atoms with Crippen LogP contribution in [-0.4, -0.2) is 178 Å². The van der Waals surface area contributed by atoms with Crippen molar-refractivity contribution in [3.8, 4) is 57.1 Å². The van der Waals surface area contributed by atoms with E-state index in [1.807, 2.05) is 0 Å². The number of carbonyl (C=O) groups excluding carboxylic acids is 7. The van der Waals surface area contributed by atoms with Crippen LogP contribution in [0.15, 0.2) is 78.9 Å². The van der Waals surface area contributed by atoms with Crippen LogP contribution >= 0.6 is 23.2 Å². The number of halogens is 2. The molecule has 0 aliphatic carbocycles. The largest absolute Gasteiger partial charge is 0.508 e. The Morgan fingerprint density at radius 3 is 1.96 bits per heavy atom. The van der Waals surface area contributed by atoms with E-state index in [2.05, 4.69) is 21.3 Å². The Balaban J connectivity index is 1.24. The van der Waals surface area contributed by atoms with Gasteiger partial charge >= 0.3 is 5.97 Å². The average Bonchev–Trinajstić information content (AvgIpc) is 0.768. The summed E-state index contributed by atoms with van der Waals surface area (Å²) in [5.41, 5.74) is 14.6. The molecular weight excluding hydrogens is 1360 g/mol. The van der Waals surface area contributed by atoms with E-state index in [4.69, 9.17) is 68.8 Å². The molecule has 536 valence electrons. The minimum atomic E-state index is -2.25. The number of fused-ring (bicyclic) bond motifs is 15. The lowest BCUT2D eigenvalue weighted by Gasteiger charge is -2.47. The summed E-state index contributed by atoms with van der Waals surface area (Å²) in [4.78, 5) is 117. The fourth-order valence-corrected chi connectivity index (χ4v) is 13.3. The lowest BCUT2D eigenvalue weighted by atomic mass is 9.84. The van der Waals surface area contributed by atoms with E-state index in [1.54, 1.807) is 13.8 Å².